The summed E-state index contributed by atoms with van der Waals surface area (Å²) in [6.45, 7) is 2.09. The molecule has 0 aliphatic rings. The van der Waals surface area contributed by atoms with Crippen molar-refractivity contribution in [3.63, 3.8) is 0 Å². The number of aliphatic hydroxyl groups excluding tert-OH is 3. The molecule has 3 N–H and O–H groups in total. The number of unbranched alkanes of at least 4 members (excludes halogenated alkanes) is 11. The molecule has 0 aromatic carbocycles. The van der Waals surface area contributed by atoms with E-state index in [2.05, 4.69) is 16.2 Å². The molecule has 0 bridgehead atoms. The van der Waals surface area contributed by atoms with Crippen LogP contribution in [0.4, 0.5) is 0 Å². The van der Waals surface area contributed by atoms with Gasteiger partial charge in [-0.3, -0.25) is 0 Å². The first kappa shape index (κ1) is 26.8. The molecule has 0 fully saturated rings. The monoisotopic (exact) mass is 384 g/mol. The van der Waals surface area contributed by atoms with Crippen molar-refractivity contribution in [1.29, 1.82) is 0 Å². The smallest absolute Gasteiger partial charge is 0.0547 e. The van der Waals surface area contributed by atoms with Gasteiger partial charge in [0.2, 0.25) is 0 Å². The van der Waals surface area contributed by atoms with E-state index < -0.39 is 5.16 Å². The molecule has 0 heterocycles. The first-order chi connectivity index (χ1) is 11.1. The highest BCUT2D eigenvalue weighted by molar-refractivity contribution is 7.19. The van der Waals surface area contributed by atoms with Crippen LogP contribution in [0.1, 0.15) is 90.4 Å². The SMILES string of the molecule is CCCCCCCCCCCCCCC(CO)C(P)(CO)CO.Cl. The van der Waals surface area contributed by atoms with Gasteiger partial charge in [-0.1, -0.05) is 84.0 Å². The predicted octanol–water partition coefficient (Wildman–Crippen LogP) is 4.71. The topological polar surface area (TPSA) is 60.7 Å². The predicted molar refractivity (Wildman–Crippen MR) is 110 cm³/mol. The summed E-state index contributed by atoms with van der Waals surface area (Å²) in [5.41, 5.74) is 0. The van der Waals surface area contributed by atoms with Gasteiger partial charge in [-0.15, -0.1) is 21.6 Å². The van der Waals surface area contributed by atoms with Crippen molar-refractivity contribution in [2.45, 2.75) is 95.6 Å². The van der Waals surface area contributed by atoms with Gasteiger partial charge in [0.1, 0.15) is 0 Å². The minimum Gasteiger partial charge on any atom is -0.396 e. The molecule has 148 valence electrons. The lowest BCUT2D eigenvalue weighted by atomic mass is 9.88. The zero-order valence-corrected chi connectivity index (χ0v) is 17.7. The third-order valence-corrected chi connectivity index (χ3v) is 5.86. The Labute approximate surface area is 158 Å². The van der Waals surface area contributed by atoms with E-state index in [0.29, 0.717) is 0 Å². The van der Waals surface area contributed by atoms with Crippen LogP contribution in [0.3, 0.4) is 0 Å². The van der Waals surface area contributed by atoms with E-state index in [9.17, 15) is 15.3 Å². The van der Waals surface area contributed by atoms with E-state index >= 15 is 0 Å². The maximum atomic E-state index is 9.47. The molecule has 2 unspecified atom stereocenters. The van der Waals surface area contributed by atoms with Gasteiger partial charge >= 0.3 is 0 Å². The second kappa shape index (κ2) is 18.4. The maximum absolute atomic E-state index is 9.47. The normalized spacial score (nSPS) is 12.9. The summed E-state index contributed by atoms with van der Waals surface area (Å²) in [7, 11) is 2.53. The third-order valence-electron chi connectivity index (χ3n) is 5.03. The van der Waals surface area contributed by atoms with Gasteiger partial charge in [0.15, 0.2) is 0 Å². The van der Waals surface area contributed by atoms with Crippen molar-refractivity contribution in [3.8, 4) is 0 Å². The summed E-state index contributed by atoms with van der Waals surface area (Å²) < 4.78 is 0. The Morgan fingerprint density at radius 1 is 0.708 bits per heavy atom. The molecule has 0 amide bonds. The third kappa shape index (κ3) is 12.9. The summed E-state index contributed by atoms with van der Waals surface area (Å²) in [6.07, 6.45) is 16.7. The van der Waals surface area contributed by atoms with Gasteiger partial charge in [-0.2, -0.15) is 0 Å². The fourth-order valence-electron chi connectivity index (χ4n) is 3.10. The number of halogens is 1. The van der Waals surface area contributed by atoms with Crippen LogP contribution in [-0.4, -0.2) is 40.3 Å². The minimum absolute atomic E-state index is 0. The molecule has 2 atom stereocenters. The van der Waals surface area contributed by atoms with Gasteiger partial charge in [-0.05, 0) is 12.3 Å². The number of hydrogen-bond donors (Lipinski definition) is 3. The second-order valence-corrected chi connectivity index (χ2v) is 8.26. The van der Waals surface area contributed by atoms with Crippen LogP contribution < -0.4 is 0 Å². The van der Waals surface area contributed by atoms with Crippen LogP contribution in [0, 0.1) is 5.92 Å². The summed E-state index contributed by atoms with van der Waals surface area (Å²) in [5.74, 6) is -0.0365. The summed E-state index contributed by atoms with van der Waals surface area (Å²) in [4.78, 5) is 0. The highest BCUT2D eigenvalue weighted by Crippen LogP contribution is 2.31. The van der Waals surface area contributed by atoms with Crippen molar-refractivity contribution in [1.82, 2.24) is 0 Å². The fraction of sp³-hybridized carbons (Fsp3) is 1.00. The van der Waals surface area contributed by atoms with E-state index in [1.54, 1.807) is 0 Å². The lowest BCUT2D eigenvalue weighted by molar-refractivity contribution is 0.0904. The molecule has 0 saturated carbocycles. The Balaban J connectivity index is 0. The van der Waals surface area contributed by atoms with Crippen LogP contribution >= 0.6 is 21.6 Å². The first-order valence-electron chi connectivity index (χ1n) is 9.76. The number of rotatable bonds is 17. The Bertz CT molecular complexity index is 251. The van der Waals surface area contributed by atoms with Crippen LogP contribution in [0.5, 0.6) is 0 Å². The van der Waals surface area contributed by atoms with Crippen LogP contribution in [0.15, 0.2) is 0 Å². The van der Waals surface area contributed by atoms with Crippen LogP contribution in [-0.2, 0) is 0 Å². The quantitative estimate of drug-likeness (QED) is 0.251. The average Bonchev–Trinajstić information content (AvgIpc) is 2.58. The van der Waals surface area contributed by atoms with E-state index in [1.807, 2.05) is 0 Å². The molecule has 0 aliphatic carbocycles. The molecule has 0 saturated heterocycles. The highest BCUT2D eigenvalue weighted by atomic mass is 35.5. The lowest BCUT2D eigenvalue weighted by Crippen LogP contribution is -2.41. The van der Waals surface area contributed by atoms with Gasteiger partial charge in [0.05, 0.1) is 13.2 Å². The summed E-state index contributed by atoms with van der Waals surface area (Å²) in [6, 6.07) is 0. The lowest BCUT2D eigenvalue weighted by Gasteiger charge is -2.33. The summed E-state index contributed by atoms with van der Waals surface area (Å²) in [5, 5.41) is 27.6. The maximum Gasteiger partial charge on any atom is 0.0547 e. The molecule has 0 radical (unpaired) electrons. The van der Waals surface area contributed by atoms with Gasteiger partial charge in [0, 0.05) is 11.8 Å². The minimum atomic E-state index is -0.632. The zero-order chi connectivity index (χ0) is 17.4. The second-order valence-electron chi connectivity index (χ2n) is 7.11. The Morgan fingerprint density at radius 2 is 1.08 bits per heavy atom. The standard InChI is InChI=1S/C19H41O3P.ClH/c1-2-3-4-5-6-7-8-9-10-11-12-13-14-18(15-20)19(23,16-21)17-22;/h18,20-22H,2-17,23H2,1H3;1H. The van der Waals surface area contributed by atoms with E-state index in [4.69, 9.17) is 0 Å². The first-order valence-corrected chi connectivity index (χ1v) is 10.3. The number of aliphatic hydroxyl groups is 3. The van der Waals surface area contributed by atoms with Crippen LogP contribution in [0.2, 0.25) is 0 Å². The molecule has 0 aliphatic heterocycles. The largest absolute Gasteiger partial charge is 0.396 e. The highest BCUT2D eigenvalue weighted by Gasteiger charge is 2.32. The molecule has 0 spiro atoms. The Morgan fingerprint density at radius 3 is 1.42 bits per heavy atom. The van der Waals surface area contributed by atoms with Crippen molar-refractivity contribution in [2.75, 3.05) is 19.8 Å². The van der Waals surface area contributed by atoms with Crippen molar-refractivity contribution >= 4 is 21.6 Å². The molecule has 3 nitrogen and oxygen atoms in total. The van der Waals surface area contributed by atoms with E-state index in [1.165, 1.54) is 70.6 Å². The molecule has 0 rings (SSSR count). The van der Waals surface area contributed by atoms with Gasteiger partial charge in [-0.25, -0.2) is 0 Å². The van der Waals surface area contributed by atoms with E-state index in [0.717, 1.165) is 12.8 Å². The fourth-order valence-corrected chi connectivity index (χ4v) is 3.37. The molecule has 5 heteroatoms. The van der Waals surface area contributed by atoms with Crippen LogP contribution in [0.25, 0.3) is 0 Å². The number of hydrogen-bond acceptors (Lipinski definition) is 3. The zero-order valence-electron chi connectivity index (χ0n) is 15.7. The molecular formula is C19H42ClO3P. The van der Waals surface area contributed by atoms with E-state index in [-0.39, 0.29) is 38.1 Å². The molecule has 24 heavy (non-hydrogen) atoms. The molecule has 0 aromatic rings. The summed E-state index contributed by atoms with van der Waals surface area (Å²) >= 11 is 0. The molecular weight excluding hydrogens is 343 g/mol. The van der Waals surface area contributed by atoms with Gasteiger partial charge < -0.3 is 15.3 Å². The van der Waals surface area contributed by atoms with Gasteiger partial charge in [0.25, 0.3) is 0 Å². The van der Waals surface area contributed by atoms with Crippen molar-refractivity contribution in [2.24, 2.45) is 5.92 Å². The average molecular weight is 385 g/mol. The Kier molecular flexibility index (Phi) is 20.6. The Hall–Kier alpha value is 0.600. The molecule has 0 aromatic heterocycles. The van der Waals surface area contributed by atoms with Crippen molar-refractivity contribution < 1.29 is 15.3 Å². The van der Waals surface area contributed by atoms with Crippen molar-refractivity contribution in [3.05, 3.63) is 0 Å².